The first kappa shape index (κ1) is 23.0. The third-order valence-corrected chi connectivity index (χ3v) is 5.59. The standard InChI is InChI=1S/C18H23N5O6S/c1-7(2)29-18(26)12-8(3)14(15(19)24)30-17(12)20-16(25)11(6)22-10(5)13(23(27)28)9(4)21-22/h7,11H,1-6H3,(H2,19,24)(H,20,25). The zero-order valence-electron chi connectivity index (χ0n) is 17.4. The van der Waals surface area contributed by atoms with Crippen LogP contribution in [0.4, 0.5) is 10.7 Å². The maximum atomic E-state index is 12.8. The minimum absolute atomic E-state index is 0.0439. The topological polar surface area (TPSA) is 159 Å². The Balaban J connectivity index is 2.42. The monoisotopic (exact) mass is 437 g/mol. The van der Waals surface area contributed by atoms with Crippen molar-refractivity contribution in [3.8, 4) is 0 Å². The molecule has 162 valence electrons. The SMILES string of the molecule is Cc1nn(C(C)C(=O)Nc2sc(C(N)=O)c(C)c2C(=O)OC(C)C)c(C)c1[N+](=O)[O-]. The van der Waals surface area contributed by atoms with Crippen molar-refractivity contribution in [3.05, 3.63) is 37.5 Å². The molecular weight excluding hydrogens is 414 g/mol. The van der Waals surface area contributed by atoms with E-state index in [2.05, 4.69) is 10.4 Å². The highest BCUT2D eigenvalue weighted by Gasteiger charge is 2.30. The largest absolute Gasteiger partial charge is 0.459 e. The number of nitrogens with zero attached hydrogens (tertiary/aromatic N) is 3. The van der Waals surface area contributed by atoms with Crippen molar-refractivity contribution in [1.82, 2.24) is 9.78 Å². The van der Waals surface area contributed by atoms with Gasteiger partial charge in [-0.2, -0.15) is 5.10 Å². The van der Waals surface area contributed by atoms with Crippen LogP contribution in [0.5, 0.6) is 0 Å². The van der Waals surface area contributed by atoms with Gasteiger partial charge in [-0.15, -0.1) is 11.3 Å². The van der Waals surface area contributed by atoms with Crippen LogP contribution in [-0.2, 0) is 9.53 Å². The number of aromatic nitrogens is 2. The summed E-state index contributed by atoms with van der Waals surface area (Å²) in [4.78, 5) is 47.8. The molecule has 2 amide bonds. The maximum absolute atomic E-state index is 12.8. The van der Waals surface area contributed by atoms with E-state index in [0.717, 1.165) is 11.3 Å². The number of nitro groups is 1. The third kappa shape index (κ3) is 4.32. The van der Waals surface area contributed by atoms with Gasteiger partial charge in [-0.25, -0.2) is 4.79 Å². The lowest BCUT2D eigenvalue weighted by Crippen LogP contribution is -2.26. The van der Waals surface area contributed by atoms with E-state index < -0.39 is 34.9 Å². The van der Waals surface area contributed by atoms with Crippen LogP contribution < -0.4 is 11.1 Å². The van der Waals surface area contributed by atoms with E-state index in [4.69, 9.17) is 10.5 Å². The molecule has 0 radical (unpaired) electrons. The van der Waals surface area contributed by atoms with Crippen molar-refractivity contribution in [2.45, 2.75) is 53.7 Å². The first-order chi connectivity index (χ1) is 13.9. The van der Waals surface area contributed by atoms with Crippen LogP contribution in [0.15, 0.2) is 0 Å². The average Bonchev–Trinajstić information content (AvgIpc) is 3.09. The number of nitrogens with two attached hydrogens (primary N) is 1. The Morgan fingerprint density at radius 2 is 1.83 bits per heavy atom. The van der Waals surface area contributed by atoms with Crippen molar-refractivity contribution < 1.29 is 24.0 Å². The molecular formula is C18H23N5O6S. The van der Waals surface area contributed by atoms with Crippen molar-refractivity contribution in [2.24, 2.45) is 5.73 Å². The smallest absolute Gasteiger partial charge is 0.341 e. The number of hydrogen-bond acceptors (Lipinski definition) is 8. The fraction of sp³-hybridized carbons (Fsp3) is 0.444. The van der Waals surface area contributed by atoms with E-state index >= 15 is 0 Å². The van der Waals surface area contributed by atoms with Gasteiger partial charge in [-0.05, 0) is 47.1 Å². The summed E-state index contributed by atoms with van der Waals surface area (Å²) in [5, 5.41) is 18.0. The second-order valence-corrected chi connectivity index (χ2v) is 7.99. The summed E-state index contributed by atoms with van der Waals surface area (Å²) in [6, 6.07) is -0.925. The number of carbonyl (C=O) groups excluding carboxylic acids is 3. The highest BCUT2D eigenvalue weighted by Crippen LogP contribution is 2.34. The van der Waals surface area contributed by atoms with Crippen LogP contribution in [0, 0.1) is 30.9 Å². The fourth-order valence-corrected chi connectivity index (χ4v) is 4.03. The van der Waals surface area contributed by atoms with Gasteiger partial charge >= 0.3 is 11.7 Å². The van der Waals surface area contributed by atoms with Gasteiger partial charge in [-0.3, -0.25) is 24.4 Å². The molecule has 12 heteroatoms. The number of primary amides is 1. The van der Waals surface area contributed by atoms with Crippen LogP contribution >= 0.6 is 11.3 Å². The highest BCUT2D eigenvalue weighted by molar-refractivity contribution is 7.18. The normalized spacial score (nSPS) is 12.0. The fourth-order valence-electron chi connectivity index (χ4n) is 2.98. The zero-order valence-corrected chi connectivity index (χ0v) is 18.2. The number of ether oxygens (including phenoxy) is 1. The quantitative estimate of drug-likeness (QED) is 0.382. The Labute approximate surface area is 176 Å². The van der Waals surface area contributed by atoms with Crippen molar-refractivity contribution in [2.75, 3.05) is 5.32 Å². The molecule has 0 fully saturated rings. The number of esters is 1. The molecule has 1 atom stereocenters. The van der Waals surface area contributed by atoms with Crippen LogP contribution in [0.25, 0.3) is 0 Å². The third-order valence-electron chi connectivity index (χ3n) is 4.37. The molecule has 1 unspecified atom stereocenters. The molecule has 30 heavy (non-hydrogen) atoms. The molecule has 0 saturated heterocycles. The van der Waals surface area contributed by atoms with E-state index in [0.29, 0.717) is 5.56 Å². The summed E-state index contributed by atoms with van der Waals surface area (Å²) in [7, 11) is 0. The summed E-state index contributed by atoms with van der Waals surface area (Å²) in [6.07, 6.45) is -0.411. The maximum Gasteiger partial charge on any atom is 0.341 e. The van der Waals surface area contributed by atoms with Gasteiger partial charge in [0, 0.05) is 0 Å². The molecule has 0 aliphatic carbocycles. The lowest BCUT2D eigenvalue weighted by molar-refractivity contribution is -0.386. The highest BCUT2D eigenvalue weighted by atomic mass is 32.1. The molecule has 2 aromatic rings. The number of rotatable bonds is 7. The lowest BCUT2D eigenvalue weighted by Gasteiger charge is -2.15. The summed E-state index contributed by atoms with van der Waals surface area (Å²) in [5.41, 5.74) is 5.96. The zero-order chi connectivity index (χ0) is 22.9. The number of hydrogen-bond donors (Lipinski definition) is 2. The van der Waals surface area contributed by atoms with Gasteiger partial charge in [0.1, 0.15) is 22.4 Å². The summed E-state index contributed by atoms with van der Waals surface area (Å²) in [6.45, 7) is 9.37. The van der Waals surface area contributed by atoms with Gasteiger partial charge < -0.3 is 15.8 Å². The Hall–Kier alpha value is -3.28. The lowest BCUT2D eigenvalue weighted by atomic mass is 10.1. The van der Waals surface area contributed by atoms with Gasteiger partial charge in [0.25, 0.3) is 5.91 Å². The summed E-state index contributed by atoms with van der Waals surface area (Å²) >= 11 is 0.863. The van der Waals surface area contributed by atoms with E-state index in [1.54, 1.807) is 13.8 Å². The van der Waals surface area contributed by atoms with Crippen molar-refractivity contribution in [1.29, 1.82) is 0 Å². The number of thiophene rings is 1. The average molecular weight is 437 g/mol. The molecule has 0 aliphatic heterocycles. The summed E-state index contributed by atoms with van der Waals surface area (Å²) < 4.78 is 6.45. The minimum Gasteiger partial charge on any atom is -0.459 e. The van der Waals surface area contributed by atoms with Crippen molar-refractivity contribution >= 4 is 39.8 Å². The van der Waals surface area contributed by atoms with Gasteiger partial charge in [0.05, 0.1) is 21.5 Å². The second kappa shape index (κ2) is 8.61. The molecule has 0 aromatic carbocycles. The Bertz CT molecular complexity index is 1040. The number of aryl methyl sites for hydroxylation is 1. The molecule has 0 bridgehead atoms. The number of carbonyl (C=O) groups is 3. The van der Waals surface area contributed by atoms with Crippen molar-refractivity contribution in [3.63, 3.8) is 0 Å². The predicted octanol–water partition coefficient (Wildman–Crippen LogP) is 2.64. The van der Waals surface area contributed by atoms with E-state index in [1.165, 1.54) is 32.4 Å². The van der Waals surface area contributed by atoms with E-state index in [9.17, 15) is 24.5 Å². The first-order valence-corrected chi connectivity index (χ1v) is 9.83. The van der Waals surface area contributed by atoms with Gasteiger partial charge in [0.15, 0.2) is 0 Å². The Morgan fingerprint density at radius 1 is 1.23 bits per heavy atom. The molecule has 2 heterocycles. The van der Waals surface area contributed by atoms with Gasteiger partial charge in [-0.1, -0.05) is 0 Å². The Morgan fingerprint density at radius 3 is 2.30 bits per heavy atom. The Kier molecular flexibility index (Phi) is 6.60. The molecule has 0 aliphatic rings. The van der Waals surface area contributed by atoms with Crippen LogP contribution in [-0.4, -0.2) is 38.6 Å². The minimum atomic E-state index is -0.925. The number of nitrogens with one attached hydrogen (secondary N) is 1. The molecule has 3 N–H and O–H groups in total. The predicted molar refractivity (Wildman–Crippen MR) is 110 cm³/mol. The summed E-state index contributed by atoms with van der Waals surface area (Å²) in [5.74, 6) is -2.01. The first-order valence-electron chi connectivity index (χ1n) is 9.01. The molecule has 2 rings (SSSR count). The van der Waals surface area contributed by atoms with E-state index in [-0.39, 0.29) is 32.5 Å². The second-order valence-electron chi connectivity index (χ2n) is 6.96. The number of amides is 2. The molecule has 2 aromatic heterocycles. The van der Waals surface area contributed by atoms with Crippen LogP contribution in [0.2, 0.25) is 0 Å². The van der Waals surface area contributed by atoms with Crippen LogP contribution in [0.3, 0.4) is 0 Å². The van der Waals surface area contributed by atoms with Gasteiger partial charge in [0.2, 0.25) is 5.91 Å². The molecule has 11 nitrogen and oxygen atoms in total. The van der Waals surface area contributed by atoms with Crippen LogP contribution in [0.1, 0.15) is 63.8 Å². The van der Waals surface area contributed by atoms with E-state index in [1.807, 2.05) is 0 Å². The number of anilines is 1. The molecule has 0 saturated carbocycles. The molecule has 0 spiro atoms.